The van der Waals surface area contributed by atoms with Gasteiger partial charge >= 0.3 is 6.09 Å². The number of ether oxygens (including phenoxy) is 2. The first-order valence-electron chi connectivity index (χ1n) is 16.4. The largest absolute Gasteiger partial charge is 0.497 e. The quantitative estimate of drug-likeness (QED) is 0.131. The number of alkyl carbamates (subject to hydrolysis) is 1. The first-order valence-corrected chi connectivity index (χ1v) is 16.4. The summed E-state index contributed by atoms with van der Waals surface area (Å²) in [4.78, 5) is 66.6. The second-order valence-electron chi connectivity index (χ2n) is 12.1. The number of nitrogens with one attached hydrogen (secondary N) is 4. The predicted octanol–water partition coefficient (Wildman–Crippen LogP) is 3.97. The molecule has 4 N–H and O–H groups in total. The molecule has 11 nitrogen and oxygen atoms in total. The van der Waals surface area contributed by atoms with E-state index >= 15 is 0 Å². The van der Waals surface area contributed by atoms with Gasteiger partial charge in [0.2, 0.25) is 17.6 Å². The Kier molecular flexibility index (Phi) is 12.0. The fourth-order valence-electron chi connectivity index (χ4n) is 5.41. The van der Waals surface area contributed by atoms with E-state index in [9.17, 15) is 24.0 Å². The van der Waals surface area contributed by atoms with Crippen LogP contribution in [0, 0.1) is 0 Å². The number of carbonyl (C=O) groups excluding carboxylic acids is 5. The average Bonchev–Trinajstić information content (AvgIpc) is 3.94. The van der Waals surface area contributed by atoms with Crippen molar-refractivity contribution >= 4 is 29.6 Å². The van der Waals surface area contributed by atoms with E-state index in [2.05, 4.69) is 21.3 Å². The fourth-order valence-corrected chi connectivity index (χ4v) is 5.41. The first-order chi connectivity index (χ1) is 24.3. The molecular formula is C39H40N4O7. The van der Waals surface area contributed by atoms with Crippen molar-refractivity contribution in [3.8, 4) is 5.75 Å². The van der Waals surface area contributed by atoms with Crippen LogP contribution in [-0.4, -0.2) is 54.8 Å². The van der Waals surface area contributed by atoms with Gasteiger partial charge in [-0.2, -0.15) is 0 Å². The van der Waals surface area contributed by atoms with E-state index in [4.69, 9.17) is 9.47 Å². The number of rotatable bonds is 16. The smallest absolute Gasteiger partial charge is 0.408 e. The van der Waals surface area contributed by atoms with E-state index in [-0.39, 0.29) is 26.1 Å². The second-order valence-corrected chi connectivity index (χ2v) is 12.1. The molecular weight excluding hydrogens is 636 g/mol. The molecule has 2 atom stereocenters. The molecule has 258 valence electrons. The molecule has 1 saturated carbocycles. The fraction of sp³-hybridized carbons (Fsp3) is 0.256. The summed E-state index contributed by atoms with van der Waals surface area (Å²) in [5.41, 5.74) is 1.76. The number of hydrogen-bond acceptors (Lipinski definition) is 7. The van der Waals surface area contributed by atoms with Crippen molar-refractivity contribution in [1.82, 2.24) is 21.3 Å². The van der Waals surface area contributed by atoms with Crippen LogP contribution in [0.25, 0.3) is 0 Å². The molecule has 50 heavy (non-hydrogen) atoms. The van der Waals surface area contributed by atoms with E-state index in [1.54, 1.807) is 24.3 Å². The summed E-state index contributed by atoms with van der Waals surface area (Å²) in [6, 6.07) is 33.0. The molecule has 4 amide bonds. The highest BCUT2D eigenvalue weighted by molar-refractivity contribution is 6.38. The Hall–Kier alpha value is -5.97. The maximum atomic E-state index is 14.0. The maximum absolute atomic E-state index is 14.0. The van der Waals surface area contributed by atoms with Crippen molar-refractivity contribution in [2.75, 3.05) is 13.7 Å². The van der Waals surface area contributed by atoms with Crippen molar-refractivity contribution in [1.29, 1.82) is 0 Å². The number of Topliss-reactive ketones (excluding diaryl/α,β-unsaturated/α-hetero) is 1. The van der Waals surface area contributed by atoms with Gasteiger partial charge in [0.15, 0.2) is 0 Å². The van der Waals surface area contributed by atoms with Crippen molar-refractivity contribution in [2.45, 2.75) is 49.9 Å². The van der Waals surface area contributed by atoms with E-state index in [0.29, 0.717) is 24.2 Å². The van der Waals surface area contributed by atoms with Crippen LogP contribution in [0.2, 0.25) is 0 Å². The molecule has 0 saturated heterocycles. The van der Waals surface area contributed by atoms with Crippen molar-refractivity contribution in [3.05, 3.63) is 138 Å². The van der Waals surface area contributed by atoms with Gasteiger partial charge in [-0.1, -0.05) is 103 Å². The Bertz CT molecular complexity index is 1760. The van der Waals surface area contributed by atoms with Gasteiger partial charge in [-0.15, -0.1) is 0 Å². The van der Waals surface area contributed by atoms with Gasteiger partial charge in [0.1, 0.15) is 23.9 Å². The van der Waals surface area contributed by atoms with Crippen LogP contribution in [0.1, 0.15) is 41.0 Å². The number of hydrogen-bond donors (Lipinski definition) is 4. The number of amides is 4. The standard InChI is InChI=1S/C39H40N4O7/c1-49-31-19-17-30(18-20-31)32(25-41-37(47)39(21-22-39)43-38(48)50-26-29-15-9-4-10-16-29)35(45)42-33(23-27-11-5-2-6-12-27)34(44)36(46)40-24-28-13-7-3-8-14-28/h2-20,32-33H,21-26H2,1H3,(H,40,46)(H,41,47)(H,42,45)(H,43,48)/t32-,33-/m0/s1. The van der Waals surface area contributed by atoms with Gasteiger partial charge in [-0.25, -0.2) is 4.79 Å². The highest BCUT2D eigenvalue weighted by atomic mass is 16.5. The van der Waals surface area contributed by atoms with Crippen LogP contribution in [-0.2, 0) is 43.5 Å². The minimum atomic E-state index is -1.19. The van der Waals surface area contributed by atoms with Gasteiger partial charge in [0.05, 0.1) is 13.0 Å². The monoisotopic (exact) mass is 676 g/mol. The highest BCUT2D eigenvalue weighted by Crippen LogP contribution is 2.36. The summed E-state index contributed by atoms with van der Waals surface area (Å²) in [5, 5.41) is 10.9. The SMILES string of the molecule is COc1ccc([C@H](CNC(=O)C2(NC(=O)OCc3ccccc3)CC2)C(=O)N[C@@H](Cc2ccccc2)C(=O)C(=O)NCc2ccccc2)cc1. The van der Waals surface area contributed by atoms with Crippen LogP contribution in [0.15, 0.2) is 115 Å². The molecule has 1 aliphatic rings. The average molecular weight is 677 g/mol. The Labute approximate surface area is 290 Å². The third-order valence-corrected chi connectivity index (χ3v) is 8.48. The summed E-state index contributed by atoms with van der Waals surface area (Å²) in [6.07, 6.45) is 0.164. The Morgan fingerprint density at radius 1 is 0.720 bits per heavy atom. The molecule has 0 bridgehead atoms. The zero-order chi connectivity index (χ0) is 35.3. The number of ketones is 1. The lowest BCUT2D eigenvalue weighted by molar-refractivity contribution is -0.140. The molecule has 0 spiro atoms. The molecule has 11 heteroatoms. The van der Waals surface area contributed by atoms with E-state index in [1.165, 1.54) is 7.11 Å². The molecule has 0 radical (unpaired) electrons. The first kappa shape index (κ1) is 35.3. The zero-order valence-corrected chi connectivity index (χ0v) is 27.7. The lowest BCUT2D eigenvalue weighted by Crippen LogP contribution is -2.52. The van der Waals surface area contributed by atoms with Crippen molar-refractivity contribution in [2.24, 2.45) is 0 Å². The molecule has 0 unspecified atom stereocenters. The van der Waals surface area contributed by atoms with Crippen LogP contribution in [0.5, 0.6) is 5.75 Å². The number of methoxy groups -OCH3 is 1. The minimum Gasteiger partial charge on any atom is -0.497 e. The minimum absolute atomic E-state index is 0.0528. The van der Waals surface area contributed by atoms with E-state index in [1.807, 2.05) is 91.0 Å². The molecule has 1 aliphatic carbocycles. The zero-order valence-electron chi connectivity index (χ0n) is 27.7. The Morgan fingerprint density at radius 3 is 1.88 bits per heavy atom. The van der Waals surface area contributed by atoms with Crippen molar-refractivity contribution in [3.63, 3.8) is 0 Å². The van der Waals surface area contributed by atoms with Gasteiger partial charge in [0, 0.05) is 19.5 Å². The molecule has 0 aliphatic heterocycles. The van der Waals surface area contributed by atoms with Gasteiger partial charge in [0.25, 0.3) is 5.91 Å². The Morgan fingerprint density at radius 2 is 1.30 bits per heavy atom. The maximum Gasteiger partial charge on any atom is 0.408 e. The molecule has 4 aromatic rings. The summed E-state index contributed by atoms with van der Waals surface area (Å²) >= 11 is 0. The number of benzene rings is 4. The van der Waals surface area contributed by atoms with E-state index < -0.39 is 47.1 Å². The summed E-state index contributed by atoms with van der Waals surface area (Å²) < 4.78 is 10.6. The van der Waals surface area contributed by atoms with Gasteiger partial charge in [-0.05, 0) is 47.2 Å². The van der Waals surface area contributed by atoms with Crippen LogP contribution >= 0.6 is 0 Å². The normalized spacial score (nSPS) is 13.9. The predicted molar refractivity (Wildman–Crippen MR) is 186 cm³/mol. The second kappa shape index (κ2) is 16.9. The summed E-state index contributed by atoms with van der Waals surface area (Å²) in [6.45, 7) is 0.0523. The third-order valence-electron chi connectivity index (χ3n) is 8.48. The summed E-state index contributed by atoms with van der Waals surface area (Å²) in [7, 11) is 1.52. The highest BCUT2D eigenvalue weighted by Gasteiger charge is 2.51. The van der Waals surface area contributed by atoms with Crippen LogP contribution in [0.4, 0.5) is 4.79 Å². The number of carbonyl (C=O) groups is 5. The van der Waals surface area contributed by atoms with Crippen molar-refractivity contribution < 1.29 is 33.4 Å². The molecule has 0 heterocycles. The Balaban J connectivity index is 1.28. The molecule has 0 aromatic heterocycles. The van der Waals surface area contributed by atoms with Gasteiger partial charge in [-0.3, -0.25) is 19.2 Å². The van der Waals surface area contributed by atoms with Crippen LogP contribution in [0.3, 0.4) is 0 Å². The lowest BCUT2D eigenvalue weighted by atomic mass is 9.95. The molecule has 1 fully saturated rings. The van der Waals surface area contributed by atoms with E-state index in [0.717, 1.165) is 16.7 Å². The van der Waals surface area contributed by atoms with Gasteiger partial charge < -0.3 is 30.7 Å². The molecule has 4 aromatic carbocycles. The topological polar surface area (TPSA) is 152 Å². The molecule has 5 rings (SSSR count). The third kappa shape index (κ3) is 9.79. The lowest BCUT2D eigenvalue weighted by Gasteiger charge is -2.24. The van der Waals surface area contributed by atoms with Crippen LogP contribution < -0.4 is 26.0 Å². The summed E-state index contributed by atoms with van der Waals surface area (Å²) in [5.74, 6) is -3.04.